The Bertz CT molecular complexity index is 1080. The maximum absolute atomic E-state index is 6.49. The van der Waals surface area contributed by atoms with E-state index < -0.39 is 0 Å². The van der Waals surface area contributed by atoms with E-state index in [1.807, 2.05) is 59.6 Å². The number of ether oxygens (including phenoxy) is 1. The van der Waals surface area contributed by atoms with Crippen molar-refractivity contribution in [3.05, 3.63) is 97.9 Å². The van der Waals surface area contributed by atoms with Gasteiger partial charge in [-0.1, -0.05) is 69.5 Å². The second-order valence-corrected chi connectivity index (χ2v) is 8.59. The summed E-state index contributed by atoms with van der Waals surface area (Å²) in [5.41, 5.74) is 4.06. The highest BCUT2D eigenvalue weighted by Gasteiger charge is 2.41. The molecule has 5 rings (SSSR count). The molecule has 3 aromatic rings. The zero-order valence-electron chi connectivity index (χ0n) is 14.6. The van der Waals surface area contributed by atoms with Gasteiger partial charge in [-0.2, -0.15) is 5.10 Å². The summed E-state index contributed by atoms with van der Waals surface area (Å²) < 4.78 is 7.38. The third kappa shape index (κ3) is 3.10. The molecular formula is C22H15BrCl2N2O. The standard InChI is InChI=1S/C22H15BrCl2N2O/c23-14-7-5-13(6-8-14)19-12-20-17-11-15(24)9-10-21(17)28-22(27(20)26-19)16-3-1-2-4-18(16)25/h1-11,20,22H,12H2. The van der Waals surface area contributed by atoms with E-state index in [1.165, 1.54) is 0 Å². The molecule has 0 fully saturated rings. The van der Waals surface area contributed by atoms with Crippen LogP contribution in [0.4, 0.5) is 0 Å². The van der Waals surface area contributed by atoms with Gasteiger partial charge in [-0.3, -0.25) is 0 Å². The van der Waals surface area contributed by atoms with Gasteiger partial charge in [0, 0.05) is 32.1 Å². The predicted octanol–water partition coefficient (Wildman–Crippen LogP) is 7.00. The van der Waals surface area contributed by atoms with Crippen LogP contribution in [0.15, 0.2) is 76.3 Å². The summed E-state index contributed by atoms with van der Waals surface area (Å²) in [6.07, 6.45) is 0.388. The van der Waals surface area contributed by atoms with E-state index in [1.54, 1.807) is 0 Å². The number of hydrazone groups is 1. The first kappa shape index (κ1) is 18.0. The first-order valence-corrected chi connectivity index (χ1v) is 10.5. The molecular weight excluding hydrogens is 459 g/mol. The smallest absolute Gasteiger partial charge is 0.215 e. The van der Waals surface area contributed by atoms with Crippen LogP contribution in [0, 0.1) is 0 Å². The summed E-state index contributed by atoms with van der Waals surface area (Å²) in [5, 5.41) is 8.31. The molecule has 28 heavy (non-hydrogen) atoms. The minimum atomic E-state index is -0.389. The number of rotatable bonds is 2. The normalized spacial score (nSPS) is 20.2. The summed E-state index contributed by atoms with van der Waals surface area (Å²) >= 11 is 16.3. The molecule has 0 radical (unpaired) electrons. The van der Waals surface area contributed by atoms with E-state index >= 15 is 0 Å². The van der Waals surface area contributed by atoms with Crippen molar-refractivity contribution in [1.29, 1.82) is 0 Å². The molecule has 140 valence electrons. The fraction of sp³-hybridized carbons (Fsp3) is 0.136. The quantitative estimate of drug-likeness (QED) is 0.400. The molecule has 6 heteroatoms. The van der Waals surface area contributed by atoms with Crippen molar-refractivity contribution in [2.45, 2.75) is 18.7 Å². The molecule has 2 unspecified atom stereocenters. The molecule has 0 aromatic heterocycles. The van der Waals surface area contributed by atoms with Crippen LogP contribution in [0.3, 0.4) is 0 Å². The van der Waals surface area contributed by atoms with Gasteiger partial charge in [-0.25, -0.2) is 5.01 Å². The number of fused-ring (bicyclic) bond motifs is 3. The maximum Gasteiger partial charge on any atom is 0.215 e. The molecule has 0 bridgehead atoms. The second-order valence-electron chi connectivity index (χ2n) is 6.83. The van der Waals surface area contributed by atoms with Crippen LogP contribution >= 0.6 is 39.1 Å². The minimum absolute atomic E-state index is 0.0439. The number of benzene rings is 3. The molecule has 2 atom stereocenters. The number of hydrogen-bond donors (Lipinski definition) is 0. The van der Waals surface area contributed by atoms with Gasteiger partial charge in [0.2, 0.25) is 6.23 Å². The Kier molecular flexibility index (Phi) is 4.58. The lowest BCUT2D eigenvalue weighted by Crippen LogP contribution is -2.33. The highest BCUT2D eigenvalue weighted by molar-refractivity contribution is 9.10. The lowest BCUT2D eigenvalue weighted by molar-refractivity contribution is -0.0189. The van der Waals surface area contributed by atoms with Crippen LogP contribution in [0.5, 0.6) is 5.75 Å². The Labute approximate surface area is 181 Å². The predicted molar refractivity (Wildman–Crippen MR) is 116 cm³/mol. The monoisotopic (exact) mass is 472 g/mol. The Morgan fingerprint density at radius 2 is 1.75 bits per heavy atom. The SMILES string of the molecule is Clc1ccc2c(c1)C1CC(c3ccc(Br)cc3)=NN1C(c1ccccc1Cl)O2. The van der Waals surface area contributed by atoms with Gasteiger partial charge < -0.3 is 4.74 Å². The Hall–Kier alpha value is -2.01. The van der Waals surface area contributed by atoms with Crippen molar-refractivity contribution in [3.63, 3.8) is 0 Å². The van der Waals surface area contributed by atoms with E-state index in [-0.39, 0.29) is 12.3 Å². The van der Waals surface area contributed by atoms with E-state index in [4.69, 9.17) is 33.0 Å². The lowest BCUT2D eigenvalue weighted by atomic mass is 9.96. The van der Waals surface area contributed by atoms with Crippen molar-refractivity contribution >= 4 is 44.8 Å². The number of halogens is 3. The zero-order valence-corrected chi connectivity index (χ0v) is 17.7. The van der Waals surface area contributed by atoms with Crippen LogP contribution in [0.2, 0.25) is 10.0 Å². The van der Waals surface area contributed by atoms with Crippen LogP contribution in [-0.2, 0) is 0 Å². The van der Waals surface area contributed by atoms with Crippen molar-refractivity contribution in [2.75, 3.05) is 0 Å². The van der Waals surface area contributed by atoms with E-state index in [9.17, 15) is 0 Å². The van der Waals surface area contributed by atoms with Crippen molar-refractivity contribution in [3.8, 4) is 5.75 Å². The highest BCUT2D eigenvalue weighted by Crippen LogP contribution is 2.49. The average Bonchev–Trinajstić information content (AvgIpc) is 3.14. The van der Waals surface area contributed by atoms with Gasteiger partial charge in [0.25, 0.3) is 0 Å². The van der Waals surface area contributed by atoms with E-state index in [0.29, 0.717) is 10.0 Å². The summed E-state index contributed by atoms with van der Waals surface area (Å²) in [5.74, 6) is 0.822. The van der Waals surface area contributed by atoms with Gasteiger partial charge in [-0.15, -0.1) is 0 Å². The van der Waals surface area contributed by atoms with Crippen molar-refractivity contribution < 1.29 is 4.74 Å². The Morgan fingerprint density at radius 1 is 0.964 bits per heavy atom. The van der Waals surface area contributed by atoms with Gasteiger partial charge in [0.05, 0.1) is 11.8 Å². The molecule has 0 aliphatic carbocycles. The van der Waals surface area contributed by atoms with Gasteiger partial charge in [0.1, 0.15) is 5.75 Å². The summed E-state index contributed by atoms with van der Waals surface area (Å²) in [6, 6.07) is 21.7. The van der Waals surface area contributed by atoms with Crippen LogP contribution in [-0.4, -0.2) is 10.7 Å². The van der Waals surface area contributed by atoms with Gasteiger partial charge in [0.15, 0.2) is 0 Å². The van der Waals surface area contributed by atoms with E-state index in [2.05, 4.69) is 28.1 Å². The van der Waals surface area contributed by atoms with Crippen LogP contribution < -0.4 is 4.74 Å². The first-order valence-electron chi connectivity index (χ1n) is 8.92. The van der Waals surface area contributed by atoms with E-state index in [0.717, 1.165) is 39.0 Å². The third-order valence-electron chi connectivity index (χ3n) is 5.10. The van der Waals surface area contributed by atoms with Crippen molar-refractivity contribution in [1.82, 2.24) is 5.01 Å². The third-order valence-corrected chi connectivity index (χ3v) is 6.21. The summed E-state index contributed by atoms with van der Waals surface area (Å²) in [6.45, 7) is 0. The summed E-state index contributed by atoms with van der Waals surface area (Å²) in [7, 11) is 0. The molecule has 0 spiro atoms. The highest BCUT2D eigenvalue weighted by atomic mass is 79.9. The van der Waals surface area contributed by atoms with Gasteiger partial charge in [-0.05, 0) is 42.0 Å². The topological polar surface area (TPSA) is 24.8 Å². The number of nitrogens with zero attached hydrogens (tertiary/aromatic N) is 2. The largest absolute Gasteiger partial charge is 0.464 e. The number of hydrogen-bond acceptors (Lipinski definition) is 3. The van der Waals surface area contributed by atoms with Crippen molar-refractivity contribution in [2.24, 2.45) is 5.10 Å². The fourth-order valence-electron chi connectivity index (χ4n) is 3.76. The molecule has 0 saturated carbocycles. The summed E-state index contributed by atoms with van der Waals surface area (Å²) in [4.78, 5) is 0. The molecule has 2 aliphatic rings. The molecule has 0 N–H and O–H groups in total. The molecule has 3 aromatic carbocycles. The average molecular weight is 474 g/mol. The molecule has 2 heterocycles. The lowest BCUT2D eigenvalue weighted by Gasteiger charge is -2.38. The first-order chi connectivity index (χ1) is 13.6. The minimum Gasteiger partial charge on any atom is -0.464 e. The molecule has 2 aliphatic heterocycles. The molecule has 0 saturated heterocycles. The zero-order chi connectivity index (χ0) is 19.3. The molecule has 3 nitrogen and oxygen atoms in total. The van der Waals surface area contributed by atoms with Gasteiger partial charge >= 0.3 is 0 Å². The Morgan fingerprint density at radius 3 is 2.54 bits per heavy atom. The van der Waals surface area contributed by atoms with Crippen LogP contribution in [0.25, 0.3) is 0 Å². The Balaban J connectivity index is 1.62. The second kappa shape index (κ2) is 7.11. The van der Waals surface area contributed by atoms with Crippen LogP contribution in [0.1, 0.15) is 35.4 Å². The fourth-order valence-corrected chi connectivity index (χ4v) is 4.43. The molecule has 0 amide bonds. The maximum atomic E-state index is 6.49.